The highest BCUT2D eigenvalue weighted by atomic mass is 16.5. The smallest absolute Gasteiger partial charge is 0.338 e. The van der Waals surface area contributed by atoms with Crippen molar-refractivity contribution in [3.63, 3.8) is 0 Å². The van der Waals surface area contributed by atoms with Crippen LogP contribution in [0.3, 0.4) is 0 Å². The van der Waals surface area contributed by atoms with Crippen LogP contribution in [-0.4, -0.2) is 20.2 Å². The number of methoxy groups -OCH3 is 2. The van der Waals surface area contributed by atoms with Gasteiger partial charge in [0.05, 0.1) is 19.8 Å². The van der Waals surface area contributed by atoms with Gasteiger partial charge >= 0.3 is 11.6 Å². The first kappa shape index (κ1) is 11.2. The van der Waals surface area contributed by atoms with E-state index in [0.29, 0.717) is 11.1 Å². The van der Waals surface area contributed by atoms with Crippen molar-refractivity contribution < 1.29 is 18.7 Å². The molecule has 0 spiro atoms. The van der Waals surface area contributed by atoms with Gasteiger partial charge in [-0.3, -0.25) is 0 Å². The summed E-state index contributed by atoms with van der Waals surface area (Å²) in [6.07, 6.45) is 0. The molecule has 88 valence electrons. The zero-order valence-electron chi connectivity index (χ0n) is 9.35. The van der Waals surface area contributed by atoms with Crippen LogP contribution in [0.2, 0.25) is 0 Å². The van der Waals surface area contributed by atoms with Gasteiger partial charge in [0, 0.05) is 17.5 Å². The van der Waals surface area contributed by atoms with Crippen molar-refractivity contribution in [2.75, 3.05) is 14.2 Å². The Morgan fingerprint density at radius 3 is 2.65 bits per heavy atom. The lowest BCUT2D eigenvalue weighted by Crippen LogP contribution is -2.08. The van der Waals surface area contributed by atoms with E-state index in [2.05, 4.69) is 4.74 Å². The molecule has 0 unspecified atom stereocenters. The fourth-order valence-corrected chi connectivity index (χ4v) is 1.55. The summed E-state index contributed by atoms with van der Waals surface area (Å²) in [7, 11) is 2.76. The van der Waals surface area contributed by atoms with Gasteiger partial charge in [-0.25, -0.2) is 9.59 Å². The van der Waals surface area contributed by atoms with Gasteiger partial charge in [0.25, 0.3) is 0 Å². The van der Waals surface area contributed by atoms with E-state index in [9.17, 15) is 9.59 Å². The summed E-state index contributed by atoms with van der Waals surface area (Å²) in [6.45, 7) is 0. The van der Waals surface area contributed by atoms with E-state index in [1.165, 1.54) is 14.2 Å². The molecule has 0 saturated heterocycles. The average Bonchev–Trinajstić information content (AvgIpc) is 2.35. The Morgan fingerprint density at radius 1 is 1.24 bits per heavy atom. The molecule has 2 rings (SSSR count). The number of rotatable bonds is 2. The number of carbonyl (C=O) groups excluding carboxylic acids is 1. The third-order valence-electron chi connectivity index (χ3n) is 2.36. The van der Waals surface area contributed by atoms with Crippen molar-refractivity contribution in [1.29, 1.82) is 0 Å². The molecule has 0 amide bonds. The molecule has 0 atom stereocenters. The van der Waals surface area contributed by atoms with E-state index < -0.39 is 11.6 Å². The maximum Gasteiger partial charge on any atom is 0.338 e. The van der Waals surface area contributed by atoms with Gasteiger partial charge in [0.1, 0.15) is 11.3 Å². The fourth-order valence-electron chi connectivity index (χ4n) is 1.55. The summed E-state index contributed by atoms with van der Waals surface area (Å²) in [5.41, 5.74) is -0.134. The summed E-state index contributed by atoms with van der Waals surface area (Å²) in [5, 5.41) is 0.511. The third-order valence-corrected chi connectivity index (χ3v) is 2.36. The Labute approximate surface area is 96.6 Å². The Morgan fingerprint density at radius 2 is 2.00 bits per heavy atom. The quantitative estimate of drug-likeness (QED) is 0.583. The number of benzene rings is 1. The highest BCUT2D eigenvalue weighted by Gasteiger charge is 2.13. The molecule has 1 heterocycles. The number of carbonyl (C=O) groups is 1. The van der Waals surface area contributed by atoms with E-state index in [1.54, 1.807) is 18.2 Å². The van der Waals surface area contributed by atoms with Crippen LogP contribution in [0.4, 0.5) is 0 Å². The first-order valence-corrected chi connectivity index (χ1v) is 4.86. The predicted molar refractivity (Wildman–Crippen MR) is 60.4 cm³/mol. The van der Waals surface area contributed by atoms with E-state index >= 15 is 0 Å². The van der Waals surface area contributed by atoms with E-state index in [4.69, 9.17) is 9.15 Å². The molecule has 0 radical (unpaired) electrons. The predicted octanol–water partition coefficient (Wildman–Crippen LogP) is 1.59. The molecule has 1 aromatic carbocycles. The lowest BCUT2D eigenvalue weighted by Gasteiger charge is -2.04. The van der Waals surface area contributed by atoms with Crippen LogP contribution in [0, 0.1) is 0 Å². The first-order valence-electron chi connectivity index (χ1n) is 4.86. The Balaban J connectivity index is 2.76. The minimum Gasteiger partial charge on any atom is -0.497 e. The number of esters is 1. The van der Waals surface area contributed by atoms with Gasteiger partial charge in [0.15, 0.2) is 0 Å². The maximum absolute atomic E-state index is 11.5. The van der Waals surface area contributed by atoms with E-state index in [0.717, 1.165) is 6.07 Å². The van der Waals surface area contributed by atoms with Crippen LogP contribution in [0.5, 0.6) is 5.75 Å². The van der Waals surface area contributed by atoms with Gasteiger partial charge in [-0.15, -0.1) is 0 Å². The molecule has 1 aromatic heterocycles. The van der Waals surface area contributed by atoms with Crippen molar-refractivity contribution in [2.45, 2.75) is 0 Å². The number of fused-ring (bicyclic) bond motifs is 1. The van der Waals surface area contributed by atoms with Crippen LogP contribution in [-0.2, 0) is 4.74 Å². The molecule has 0 saturated carbocycles. The molecule has 0 N–H and O–H groups in total. The molecule has 0 aliphatic rings. The van der Waals surface area contributed by atoms with Gasteiger partial charge < -0.3 is 13.9 Å². The summed E-state index contributed by atoms with van der Waals surface area (Å²) in [5.74, 6) is -0.0317. The molecule has 0 fully saturated rings. The van der Waals surface area contributed by atoms with Crippen LogP contribution in [0.1, 0.15) is 10.4 Å². The minimum atomic E-state index is -0.605. The molecule has 5 heteroatoms. The largest absolute Gasteiger partial charge is 0.497 e. The molecule has 0 aliphatic carbocycles. The molecule has 17 heavy (non-hydrogen) atoms. The Hall–Kier alpha value is -2.30. The highest BCUT2D eigenvalue weighted by molar-refractivity contribution is 6.02. The number of ether oxygens (including phenoxy) is 2. The van der Waals surface area contributed by atoms with Crippen LogP contribution in [0.15, 0.2) is 33.5 Å². The van der Waals surface area contributed by atoms with Crippen molar-refractivity contribution >= 4 is 16.9 Å². The van der Waals surface area contributed by atoms with Crippen molar-refractivity contribution in [2.24, 2.45) is 0 Å². The SMILES string of the molecule is COC(=O)c1cc(=O)oc2cc(OC)ccc12. The zero-order chi connectivity index (χ0) is 12.4. The highest BCUT2D eigenvalue weighted by Crippen LogP contribution is 2.22. The van der Waals surface area contributed by atoms with E-state index in [-0.39, 0.29) is 11.1 Å². The molecule has 5 nitrogen and oxygen atoms in total. The molecule has 0 aliphatic heterocycles. The van der Waals surface area contributed by atoms with Gasteiger partial charge in [-0.2, -0.15) is 0 Å². The second-order valence-electron chi connectivity index (χ2n) is 3.33. The normalized spacial score (nSPS) is 10.2. The summed E-state index contributed by atoms with van der Waals surface area (Å²) < 4.78 is 14.6. The van der Waals surface area contributed by atoms with Crippen LogP contribution < -0.4 is 10.4 Å². The molecular formula is C12H10O5. The van der Waals surface area contributed by atoms with Crippen LogP contribution >= 0.6 is 0 Å². The standard InChI is InChI=1S/C12H10O5/c1-15-7-3-4-8-9(12(14)16-2)6-11(13)17-10(8)5-7/h3-6H,1-2H3. The monoisotopic (exact) mass is 234 g/mol. The summed E-state index contributed by atoms with van der Waals surface area (Å²) in [4.78, 5) is 22.8. The topological polar surface area (TPSA) is 65.7 Å². The number of hydrogen-bond donors (Lipinski definition) is 0. The lowest BCUT2D eigenvalue weighted by atomic mass is 10.1. The molecule has 0 bridgehead atoms. The second kappa shape index (κ2) is 4.29. The van der Waals surface area contributed by atoms with Gasteiger partial charge in [-0.05, 0) is 12.1 Å². The average molecular weight is 234 g/mol. The third kappa shape index (κ3) is 1.99. The molecular weight excluding hydrogens is 224 g/mol. The Kier molecular flexibility index (Phi) is 2.82. The van der Waals surface area contributed by atoms with Crippen LogP contribution in [0.25, 0.3) is 11.0 Å². The summed E-state index contributed by atoms with van der Waals surface area (Å²) >= 11 is 0. The van der Waals surface area contributed by atoms with Gasteiger partial charge in [-0.1, -0.05) is 0 Å². The van der Waals surface area contributed by atoms with Crippen molar-refractivity contribution in [1.82, 2.24) is 0 Å². The van der Waals surface area contributed by atoms with Crippen molar-refractivity contribution in [3.05, 3.63) is 40.2 Å². The van der Waals surface area contributed by atoms with E-state index in [1.807, 2.05) is 0 Å². The fraction of sp³-hybridized carbons (Fsp3) is 0.167. The van der Waals surface area contributed by atoms with Gasteiger partial charge in [0.2, 0.25) is 0 Å². The number of hydrogen-bond acceptors (Lipinski definition) is 5. The first-order chi connectivity index (χ1) is 8.15. The van der Waals surface area contributed by atoms with Crippen molar-refractivity contribution in [3.8, 4) is 5.75 Å². The Bertz CT molecular complexity index is 626. The minimum absolute atomic E-state index is 0.182. The zero-order valence-corrected chi connectivity index (χ0v) is 9.35. The summed E-state index contributed by atoms with van der Waals surface area (Å²) in [6, 6.07) is 5.97. The maximum atomic E-state index is 11.5. The molecule has 2 aromatic rings. The second-order valence-corrected chi connectivity index (χ2v) is 3.33. The lowest BCUT2D eigenvalue weighted by molar-refractivity contribution is 0.0602.